The number of rotatable bonds is 6. The Morgan fingerprint density at radius 3 is 2.88 bits per heavy atom. The number of nitro benzene ring substituents is 1. The molecular formula is C11H15ClN2O2. The Morgan fingerprint density at radius 1 is 1.50 bits per heavy atom. The van der Waals surface area contributed by atoms with E-state index in [0.717, 1.165) is 19.4 Å². The molecule has 0 aromatic heterocycles. The molecule has 0 radical (unpaired) electrons. The lowest BCUT2D eigenvalue weighted by molar-refractivity contribution is -0.385. The predicted octanol–water partition coefficient (Wildman–Crippen LogP) is 3.14. The summed E-state index contributed by atoms with van der Waals surface area (Å²) >= 11 is 5.81. The van der Waals surface area contributed by atoms with Gasteiger partial charge in [-0.15, -0.1) is 0 Å². The van der Waals surface area contributed by atoms with Gasteiger partial charge in [-0.05, 0) is 25.1 Å². The summed E-state index contributed by atoms with van der Waals surface area (Å²) in [5, 5.41) is 14.4. The van der Waals surface area contributed by atoms with E-state index in [1.54, 1.807) is 6.07 Å². The molecule has 0 unspecified atom stereocenters. The maximum absolute atomic E-state index is 10.8. The van der Waals surface area contributed by atoms with Crippen molar-refractivity contribution in [2.24, 2.45) is 0 Å². The lowest BCUT2D eigenvalue weighted by Gasteiger charge is -2.05. The first-order chi connectivity index (χ1) is 7.65. The van der Waals surface area contributed by atoms with Crippen molar-refractivity contribution in [3.8, 4) is 0 Å². The molecule has 16 heavy (non-hydrogen) atoms. The summed E-state index contributed by atoms with van der Waals surface area (Å²) < 4.78 is 0. The van der Waals surface area contributed by atoms with Gasteiger partial charge in [-0.25, -0.2) is 0 Å². The molecule has 5 heteroatoms. The summed E-state index contributed by atoms with van der Waals surface area (Å²) in [7, 11) is 0. The summed E-state index contributed by atoms with van der Waals surface area (Å²) in [4.78, 5) is 10.4. The third-order valence-corrected chi connectivity index (χ3v) is 2.50. The third kappa shape index (κ3) is 3.79. The van der Waals surface area contributed by atoms with Gasteiger partial charge in [0, 0.05) is 23.2 Å². The fourth-order valence-electron chi connectivity index (χ4n) is 1.40. The molecule has 0 bridgehead atoms. The Hall–Kier alpha value is -1.13. The van der Waals surface area contributed by atoms with Crippen molar-refractivity contribution < 1.29 is 4.92 Å². The Balaban J connectivity index is 2.68. The van der Waals surface area contributed by atoms with Crippen molar-refractivity contribution in [1.29, 1.82) is 0 Å². The van der Waals surface area contributed by atoms with E-state index >= 15 is 0 Å². The van der Waals surface area contributed by atoms with E-state index < -0.39 is 0 Å². The minimum atomic E-state index is -0.382. The van der Waals surface area contributed by atoms with Crippen molar-refractivity contribution >= 4 is 17.3 Å². The SMILES string of the molecule is CCCCNCc1cc(Cl)ccc1[N+](=O)[O-]. The van der Waals surface area contributed by atoms with Crippen LogP contribution in [0.15, 0.2) is 18.2 Å². The molecule has 0 amide bonds. The molecule has 1 N–H and O–H groups in total. The fraction of sp³-hybridized carbons (Fsp3) is 0.455. The van der Waals surface area contributed by atoms with Crippen molar-refractivity contribution in [1.82, 2.24) is 5.32 Å². The Labute approximate surface area is 99.8 Å². The minimum absolute atomic E-state index is 0.119. The number of hydrogen-bond acceptors (Lipinski definition) is 3. The highest BCUT2D eigenvalue weighted by Gasteiger charge is 2.12. The largest absolute Gasteiger partial charge is 0.312 e. The second-order valence-electron chi connectivity index (χ2n) is 3.56. The number of nitrogens with one attached hydrogen (secondary N) is 1. The molecular weight excluding hydrogens is 228 g/mol. The average molecular weight is 243 g/mol. The van der Waals surface area contributed by atoms with Gasteiger partial charge in [0.1, 0.15) is 0 Å². The van der Waals surface area contributed by atoms with Gasteiger partial charge in [0.15, 0.2) is 0 Å². The Kier molecular flexibility index (Phi) is 5.22. The summed E-state index contributed by atoms with van der Waals surface area (Å²) in [6.45, 7) is 3.44. The standard InChI is InChI=1S/C11H15ClN2O2/c1-2-3-6-13-8-9-7-10(12)4-5-11(9)14(15)16/h4-5,7,13H,2-3,6,8H2,1H3. The van der Waals surface area contributed by atoms with Gasteiger partial charge in [-0.2, -0.15) is 0 Å². The van der Waals surface area contributed by atoms with Crippen molar-refractivity contribution in [2.45, 2.75) is 26.3 Å². The predicted molar refractivity (Wildman–Crippen MR) is 64.7 cm³/mol. The van der Waals surface area contributed by atoms with E-state index in [1.807, 2.05) is 0 Å². The lowest BCUT2D eigenvalue weighted by Crippen LogP contribution is -2.15. The van der Waals surface area contributed by atoms with Gasteiger partial charge in [-0.3, -0.25) is 10.1 Å². The van der Waals surface area contributed by atoms with Crippen LogP contribution in [0.5, 0.6) is 0 Å². The molecule has 4 nitrogen and oxygen atoms in total. The normalized spacial score (nSPS) is 10.4. The third-order valence-electron chi connectivity index (χ3n) is 2.26. The summed E-state index contributed by atoms with van der Waals surface area (Å²) in [6.07, 6.45) is 2.17. The van der Waals surface area contributed by atoms with Gasteiger partial charge >= 0.3 is 0 Å². The molecule has 0 aliphatic heterocycles. The summed E-state index contributed by atoms with van der Waals surface area (Å²) in [5.41, 5.74) is 0.752. The Morgan fingerprint density at radius 2 is 2.25 bits per heavy atom. The number of unbranched alkanes of at least 4 members (excludes halogenated alkanes) is 1. The van der Waals surface area contributed by atoms with Crippen LogP contribution in [0, 0.1) is 10.1 Å². The van der Waals surface area contributed by atoms with E-state index in [0.29, 0.717) is 17.1 Å². The zero-order valence-corrected chi connectivity index (χ0v) is 9.96. The number of nitro groups is 1. The van der Waals surface area contributed by atoms with Crippen LogP contribution in [0.1, 0.15) is 25.3 Å². The van der Waals surface area contributed by atoms with Crippen molar-refractivity contribution in [2.75, 3.05) is 6.54 Å². The van der Waals surface area contributed by atoms with Crippen LogP contribution < -0.4 is 5.32 Å². The highest BCUT2D eigenvalue weighted by Crippen LogP contribution is 2.22. The number of nitrogens with zero attached hydrogens (tertiary/aromatic N) is 1. The van der Waals surface area contributed by atoms with Crippen LogP contribution in [0.25, 0.3) is 0 Å². The van der Waals surface area contributed by atoms with Gasteiger partial charge in [0.05, 0.1) is 4.92 Å². The molecule has 0 heterocycles. The van der Waals surface area contributed by atoms with E-state index in [9.17, 15) is 10.1 Å². The average Bonchev–Trinajstić information content (AvgIpc) is 2.24. The van der Waals surface area contributed by atoms with Gasteiger partial charge in [0.2, 0.25) is 0 Å². The molecule has 0 spiro atoms. The maximum atomic E-state index is 10.8. The first kappa shape index (κ1) is 12.9. The highest BCUT2D eigenvalue weighted by atomic mass is 35.5. The minimum Gasteiger partial charge on any atom is -0.312 e. The van der Waals surface area contributed by atoms with Crippen LogP contribution in [-0.4, -0.2) is 11.5 Å². The smallest absolute Gasteiger partial charge is 0.273 e. The second kappa shape index (κ2) is 6.45. The summed E-state index contributed by atoms with van der Waals surface area (Å²) in [6, 6.07) is 4.62. The molecule has 1 aromatic rings. The summed E-state index contributed by atoms with van der Waals surface area (Å²) in [5.74, 6) is 0. The molecule has 0 fully saturated rings. The second-order valence-corrected chi connectivity index (χ2v) is 4.00. The molecule has 0 saturated heterocycles. The quantitative estimate of drug-likeness (QED) is 0.474. The lowest BCUT2D eigenvalue weighted by atomic mass is 10.2. The zero-order chi connectivity index (χ0) is 12.0. The Bertz CT molecular complexity index is 369. The monoisotopic (exact) mass is 242 g/mol. The van der Waals surface area contributed by atoms with Crippen LogP contribution in [0.3, 0.4) is 0 Å². The van der Waals surface area contributed by atoms with Crippen molar-refractivity contribution in [3.05, 3.63) is 38.9 Å². The highest BCUT2D eigenvalue weighted by molar-refractivity contribution is 6.30. The fourth-order valence-corrected chi connectivity index (χ4v) is 1.59. The van der Waals surface area contributed by atoms with Crippen LogP contribution in [0.4, 0.5) is 5.69 Å². The van der Waals surface area contributed by atoms with Gasteiger partial charge in [-0.1, -0.05) is 24.9 Å². The number of hydrogen-bond donors (Lipinski definition) is 1. The van der Waals surface area contributed by atoms with E-state index in [1.165, 1.54) is 12.1 Å². The van der Waals surface area contributed by atoms with Crippen LogP contribution in [0.2, 0.25) is 5.02 Å². The first-order valence-corrected chi connectivity index (χ1v) is 5.66. The molecule has 88 valence electrons. The molecule has 1 aromatic carbocycles. The number of benzene rings is 1. The van der Waals surface area contributed by atoms with E-state index in [-0.39, 0.29) is 10.6 Å². The zero-order valence-electron chi connectivity index (χ0n) is 9.20. The molecule has 0 saturated carbocycles. The van der Waals surface area contributed by atoms with Crippen molar-refractivity contribution in [3.63, 3.8) is 0 Å². The van der Waals surface area contributed by atoms with Gasteiger partial charge in [0.25, 0.3) is 5.69 Å². The van der Waals surface area contributed by atoms with E-state index in [4.69, 9.17) is 11.6 Å². The molecule has 0 aliphatic rings. The van der Waals surface area contributed by atoms with Crippen LogP contribution >= 0.6 is 11.6 Å². The first-order valence-electron chi connectivity index (χ1n) is 5.28. The maximum Gasteiger partial charge on any atom is 0.273 e. The number of halogens is 1. The molecule has 0 aliphatic carbocycles. The molecule has 1 rings (SSSR count). The van der Waals surface area contributed by atoms with Gasteiger partial charge < -0.3 is 5.32 Å². The topological polar surface area (TPSA) is 55.2 Å². The van der Waals surface area contributed by atoms with E-state index in [2.05, 4.69) is 12.2 Å². The van der Waals surface area contributed by atoms with Crippen LogP contribution in [-0.2, 0) is 6.54 Å². The molecule has 0 atom stereocenters.